The van der Waals surface area contributed by atoms with Crippen LogP contribution in [0.15, 0.2) is 59.1 Å². The number of hydrogen-bond acceptors (Lipinski definition) is 10. The lowest BCUT2D eigenvalue weighted by molar-refractivity contribution is -0.385. The van der Waals surface area contributed by atoms with Crippen molar-refractivity contribution in [3.63, 3.8) is 0 Å². The first-order valence-corrected chi connectivity index (χ1v) is 12.5. The standard InChI is InChI=1S/C10H7N5O4S2.C8H6BrNO3/c11-21(18,19)10-13-14-5-8(12-9(14)20-10)6-2-1-3-7(4-6)15(16)17;9-5-8(11)6-2-1-3-7(4-6)10(12)13/h1-5H,(H2,11,18,19);1-4H,5H2. The number of hydrogen-bond donors (Lipinski definition) is 1. The van der Waals surface area contributed by atoms with Crippen molar-refractivity contribution in [2.45, 2.75) is 4.34 Å². The molecule has 0 saturated carbocycles. The molecule has 0 radical (unpaired) electrons. The molecule has 2 heterocycles. The Kier molecular flexibility index (Phi) is 7.45. The van der Waals surface area contributed by atoms with Gasteiger partial charge in [0, 0.05) is 35.4 Å². The van der Waals surface area contributed by atoms with Crippen LogP contribution in [0.5, 0.6) is 0 Å². The van der Waals surface area contributed by atoms with E-state index in [0.717, 1.165) is 11.3 Å². The topological polar surface area (TPSA) is 194 Å². The van der Waals surface area contributed by atoms with Gasteiger partial charge in [-0.05, 0) is 0 Å². The van der Waals surface area contributed by atoms with Crippen LogP contribution in [-0.4, -0.2) is 44.0 Å². The number of fused-ring (bicyclic) bond motifs is 1. The van der Waals surface area contributed by atoms with E-state index in [4.69, 9.17) is 5.14 Å². The number of non-ortho nitro benzene ring substituents is 2. The molecule has 0 bridgehead atoms. The van der Waals surface area contributed by atoms with E-state index in [1.807, 2.05) is 0 Å². The Bertz CT molecular complexity index is 1480. The average Bonchev–Trinajstić information content (AvgIpc) is 3.39. The van der Waals surface area contributed by atoms with Gasteiger partial charge in [-0.3, -0.25) is 25.0 Å². The SMILES string of the molecule is NS(=O)(=O)c1nn2cc(-c3cccc([N+](=O)[O-])c3)nc2s1.O=C(CBr)c1cccc([N+](=O)[O-])c1. The van der Waals surface area contributed by atoms with Gasteiger partial charge in [0.25, 0.3) is 21.4 Å². The molecule has 34 heavy (non-hydrogen) atoms. The fourth-order valence-corrected chi connectivity index (χ4v) is 4.41. The Labute approximate surface area is 203 Å². The fraction of sp³-hybridized carbons (Fsp3) is 0.0556. The summed E-state index contributed by atoms with van der Waals surface area (Å²) in [7, 11) is -3.87. The summed E-state index contributed by atoms with van der Waals surface area (Å²) < 4.78 is 23.4. The number of alkyl halides is 1. The number of ketones is 1. The summed E-state index contributed by atoms with van der Waals surface area (Å²) in [6.45, 7) is 0. The van der Waals surface area contributed by atoms with Crippen molar-refractivity contribution in [1.82, 2.24) is 14.6 Å². The summed E-state index contributed by atoms with van der Waals surface area (Å²) in [5.41, 5.74) is 1.23. The molecule has 0 aliphatic rings. The zero-order chi connectivity index (χ0) is 25.0. The van der Waals surface area contributed by atoms with Crippen molar-refractivity contribution in [3.05, 3.63) is 80.5 Å². The summed E-state index contributed by atoms with van der Waals surface area (Å²) >= 11 is 3.82. The van der Waals surface area contributed by atoms with Crippen molar-refractivity contribution in [2.24, 2.45) is 5.14 Å². The minimum absolute atomic E-state index is 0.0537. The third-order valence-electron chi connectivity index (χ3n) is 4.12. The molecule has 2 aromatic heterocycles. The van der Waals surface area contributed by atoms with Crippen LogP contribution in [0, 0.1) is 20.2 Å². The molecule has 4 rings (SSSR count). The Morgan fingerprint density at radius 3 is 2.26 bits per heavy atom. The van der Waals surface area contributed by atoms with Crippen LogP contribution in [0.2, 0.25) is 0 Å². The molecule has 0 fully saturated rings. The van der Waals surface area contributed by atoms with Crippen molar-refractivity contribution in [3.8, 4) is 11.3 Å². The maximum Gasteiger partial charge on any atom is 0.270 e. The molecular weight excluding hydrogens is 556 g/mol. The third kappa shape index (κ3) is 5.84. The molecule has 0 unspecified atom stereocenters. The Morgan fingerprint density at radius 1 is 1.09 bits per heavy atom. The van der Waals surface area contributed by atoms with Crippen LogP contribution in [-0.2, 0) is 10.0 Å². The van der Waals surface area contributed by atoms with E-state index in [1.165, 1.54) is 41.0 Å². The number of nitro benzene ring substituents is 2. The fourth-order valence-electron chi connectivity index (χ4n) is 2.58. The molecule has 0 atom stereocenters. The van der Waals surface area contributed by atoms with E-state index in [0.29, 0.717) is 21.8 Å². The first kappa shape index (κ1) is 25.0. The predicted octanol–water partition coefficient (Wildman–Crippen LogP) is 3.19. The molecule has 16 heteroatoms. The monoisotopic (exact) mass is 568 g/mol. The largest absolute Gasteiger partial charge is 0.293 e. The smallest absolute Gasteiger partial charge is 0.270 e. The highest BCUT2D eigenvalue weighted by molar-refractivity contribution is 9.09. The lowest BCUT2D eigenvalue weighted by Crippen LogP contribution is -2.12. The number of carbonyl (C=O) groups is 1. The number of aromatic nitrogens is 3. The lowest BCUT2D eigenvalue weighted by atomic mass is 10.1. The highest BCUT2D eigenvalue weighted by Crippen LogP contribution is 2.26. The lowest BCUT2D eigenvalue weighted by Gasteiger charge is -1.96. The van der Waals surface area contributed by atoms with Crippen LogP contribution in [0.4, 0.5) is 11.4 Å². The highest BCUT2D eigenvalue weighted by Gasteiger charge is 2.18. The third-order valence-corrected chi connectivity index (χ3v) is 6.86. The number of imidazole rings is 1. The second-order valence-electron chi connectivity index (χ2n) is 6.44. The number of Topliss-reactive ketones (excluding diaryl/α,β-unsaturated/α-hetero) is 1. The van der Waals surface area contributed by atoms with E-state index < -0.39 is 19.9 Å². The maximum absolute atomic E-state index is 11.2. The van der Waals surface area contributed by atoms with E-state index in [1.54, 1.807) is 18.2 Å². The van der Waals surface area contributed by atoms with E-state index in [2.05, 4.69) is 26.0 Å². The number of carbonyl (C=O) groups excluding carboxylic acids is 1. The molecule has 0 saturated heterocycles. The minimum atomic E-state index is -3.87. The van der Waals surface area contributed by atoms with Crippen molar-refractivity contribution in [2.75, 3.05) is 5.33 Å². The van der Waals surface area contributed by atoms with Gasteiger partial charge >= 0.3 is 0 Å². The van der Waals surface area contributed by atoms with Crippen molar-refractivity contribution >= 4 is 59.4 Å². The number of nitrogens with zero attached hydrogens (tertiary/aromatic N) is 5. The van der Waals surface area contributed by atoms with Gasteiger partial charge in [-0.25, -0.2) is 23.1 Å². The van der Waals surface area contributed by atoms with Crippen LogP contribution >= 0.6 is 27.3 Å². The molecule has 0 aliphatic heterocycles. The van der Waals surface area contributed by atoms with Gasteiger partial charge in [0.05, 0.1) is 27.1 Å². The number of nitrogens with two attached hydrogens (primary N) is 1. The zero-order valence-electron chi connectivity index (χ0n) is 16.8. The predicted molar refractivity (Wildman–Crippen MR) is 126 cm³/mol. The van der Waals surface area contributed by atoms with Gasteiger partial charge in [0.15, 0.2) is 5.78 Å². The van der Waals surface area contributed by atoms with Gasteiger partial charge in [-0.1, -0.05) is 51.5 Å². The zero-order valence-corrected chi connectivity index (χ0v) is 20.0. The second-order valence-corrected chi connectivity index (χ2v) is 9.69. The molecule has 0 spiro atoms. The quantitative estimate of drug-likeness (QED) is 0.157. The summed E-state index contributed by atoms with van der Waals surface area (Å²) in [4.78, 5) is 35.7. The Morgan fingerprint density at radius 2 is 1.71 bits per heavy atom. The average molecular weight is 569 g/mol. The number of rotatable bonds is 6. The Hall–Kier alpha value is -3.60. The number of halogens is 1. The van der Waals surface area contributed by atoms with Gasteiger partial charge < -0.3 is 0 Å². The number of benzene rings is 2. The molecule has 0 aliphatic carbocycles. The number of sulfonamides is 1. The molecule has 2 aromatic carbocycles. The molecule has 0 amide bonds. The highest BCUT2D eigenvalue weighted by atomic mass is 79.9. The van der Waals surface area contributed by atoms with Gasteiger partial charge in [0.1, 0.15) is 0 Å². The summed E-state index contributed by atoms with van der Waals surface area (Å²) in [6, 6.07) is 11.6. The van der Waals surface area contributed by atoms with E-state index in [9.17, 15) is 33.4 Å². The summed E-state index contributed by atoms with van der Waals surface area (Å²) in [6.07, 6.45) is 1.49. The van der Waals surface area contributed by atoms with Crippen LogP contribution in [0.1, 0.15) is 10.4 Å². The molecule has 4 aromatic rings. The van der Waals surface area contributed by atoms with Gasteiger partial charge in [-0.15, -0.1) is 5.10 Å². The van der Waals surface area contributed by atoms with Crippen LogP contribution in [0.3, 0.4) is 0 Å². The Balaban J connectivity index is 0.000000215. The van der Waals surface area contributed by atoms with Crippen molar-refractivity contribution in [1.29, 1.82) is 0 Å². The molecule has 2 N–H and O–H groups in total. The maximum atomic E-state index is 11.2. The van der Waals surface area contributed by atoms with Crippen LogP contribution in [0.25, 0.3) is 16.2 Å². The van der Waals surface area contributed by atoms with Crippen LogP contribution < -0.4 is 5.14 Å². The molecule has 176 valence electrons. The molecule has 13 nitrogen and oxygen atoms in total. The van der Waals surface area contributed by atoms with E-state index >= 15 is 0 Å². The van der Waals surface area contributed by atoms with Crippen molar-refractivity contribution < 1.29 is 23.1 Å². The number of primary sulfonamides is 1. The van der Waals surface area contributed by atoms with Gasteiger partial charge in [0.2, 0.25) is 9.30 Å². The first-order valence-electron chi connectivity index (χ1n) is 8.97. The summed E-state index contributed by atoms with van der Waals surface area (Å²) in [5.74, 6) is -0.163. The summed E-state index contributed by atoms with van der Waals surface area (Å²) in [5, 5.41) is 30.1. The molecular formula is C18H13BrN6O7S2. The number of nitro groups is 2. The first-order chi connectivity index (χ1) is 16.0. The second kappa shape index (κ2) is 10.1. The van der Waals surface area contributed by atoms with E-state index in [-0.39, 0.29) is 26.8 Å². The van der Waals surface area contributed by atoms with Gasteiger partial charge in [-0.2, -0.15) is 0 Å². The normalized spacial score (nSPS) is 11.0. The minimum Gasteiger partial charge on any atom is -0.293 e.